The number of unbranched alkanes of at least 4 members (excludes halogenated alkanes) is 1. The van der Waals surface area contributed by atoms with E-state index in [9.17, 15) is 0 Å². The molecule has 0 saturated carbocycles. The predicted molar refractivity (Wildman–Crippen MR) is 43.5 cm³/mol. The van der Waals surface area contributed by atoms with Gasteiger partial charge in [0.05, 0.1) is 0 Å². The summed E-state index contributed by atoms with van der Waals surface area (Å²) in [5.74, 6) is 0. The Morgan fingerprint density at radius 1 is 1.00 bits per heavy atom. The van der Waals surface area contributed by atoms with E-state index in [1.807, 2.05) is 0 Å². The molecule has 0 heteroatoms. The van der Waals surface area contributed by atoms with Gasteiger partial charge in [-0.3, -0.25) is 0 Å². The molecule has 0 atom stereocenters. The van der Waals surface area contributed by atoms with Crippen molar-refractivity contribution in [2.24, 2.45) is 0 Å². The summed E-state index contributed by atoms with van der Waals surface area (Å²) in [5, 5.41) is 0. The standard InChI is InChI=1S/C9H16/c1-3-5-7-9-8-6-4-2/h5,7-9H,3-4,6H2,1-2H3/b7-5+,9-8+. The Balaban J connectivity index is 3.13. The third kappa shape index (κ3) is 7.48. The molecule has 0 fully saturated rings. The maximum atomic E-state index is 2.20. The van der Waals surface area contributed by atoms with Crippen LogP contribution in [0.5, 0.6) is 0 Å². The van der Waals surface area contributed by atoms with Crippen LogP contribution in [-0.4, -0.2) is 0 Å². The van der Waals surface area contributed by atoms with Crippen LogP contribution in [0, 0.1) is 0 Å². The van der Waals surface area contributed by atoms with Crippen molar-refractivity contribution >= 4 is 0 Å². The zero-order valence-electron chi connectivity index (χ0n) is 6.43. The molecule has 0 bridgehead atoms. The Morgan fingerprint density at radius 3 is 2.22 bits per heavy atom. The van der Waals surface area contributed by atoms with Gasteiger partial charge >= 0.3 is 0 Å². The smallest absolute Gasteiger partial charge is 0.0350 e. The van der Waals surface area contributed by atoms with Crippen LogP contribution in [0.15, 0.2) is 24.3 Å². The lowest BCUT2D eigenvalue weighted by atomic mass is 10.3. The summed E-state index contributed by atoms with van der Waals surface area (Å²) in [4.78, 5) is 0. The molecule has 0 unspecified atom stereocenters. The second-order valence-electron chi connectivity index (χ2n) is 2.05. The summed E-state index contributed by atoms with van der Waals surface area (Å²) in [6.07, 6.45) is 12.2. The summed E-state index contributed by atoms with van der Waals surface area (Å²) in [6.45, 7) is 4.33. The minimum absolute atomic E-state index is 1.14. The van der Waals surface area contributed by atoms with Crippen molar-refractivity contribution in [3.05, 3.63) is 24.3 Å². The second kappa shape index (κ2) is 7.48. The molecule has 0 heterocycles. The Kier molecular flexibility index (Phi) is 7.05. The Bertz CT molecular complexity index is 88.2. The lowest BCUT2D eigenvalue weighted by Crippen LogP contribution is -1.58. The van der Waals surface area contributed by atoms with Crippen LogP contribution >= 0.6 is 0 Å². The van der Waals surface area contributed by atoms with E-state index in [4.69, 9.17) is 0 Å². The predicted octanol–water partition coefficient (Wildman–Crippen LogP) is 3.31. The topological polar surface area (TPSA) is 0 Å². The summed E-state index contributed by atoms with van der Waals surface area (Å²) < 4.78 is 0. The molecule has 0 spiro atoms. The van der Waals surface area contributed by atoms with Crippen molar-refractivity contribution in [1.82, 2.24) is 0 Å². The maximum absolute atomic E-state index is 2.20. The first-order chi connectivity index (χ1) is 4.41. The van der Waals surface area contributed by atoms with E-state index in [2.05, 4.69) is 38.2 Å². The van der Waals surface area contributed by atoms with Gasteiger partial charge in [-0.15, -0.1) is 0 Å². The van der Waals surface area contributed by atoms with Gasteiger partial charge in [0, 0.05) is 0 Å². The highest BCUT2D eigenvalue weighted by Crippen LogP contribution is 1.89. The van der Waals surface area contributed by atoms with Gasteiger partial charge < -0.3 is 0 Å². The highest BCUT2D eigenvalue weighted by Gasteiger charge is 1.68. The van der Waals surface area contributed by atoms with Crippen molar-refractivity contribution in [1.29, 1.82) is 0 Å². The maximum Gasteiger partial charge on any atom is -0.0350 e. The van der Waals surface area contributed by atoms with Gasteiger partial charge in [-0.25, -0.2) is 0 Å². The van der Waals surface area contributed by atoms with Crippen LogP contribution in [0.2, 0.25) is 0 Å². The van der Waals surface area contributed by atoms with Gasteiger partial charge in [0.25, 0.3) is 0 Å². The SMILES string of the molecule is CC/C=C/C=C/CCC. The molecular weight excluding hydrogens is 108 g/mol. The molecule has 0 nitrogen and oxygen atoms in total. The Labute approximate surface area is 58.3 Å². The zero-order chi connectivity index (χ0) is 6.95. The molecule has 0 aromatic carbocycles. The second-order valence-corrected chi connectivity index (χ2v) is 2.05. The monoisotopic (exact) mass is 124 g/mol. The van der Waals surface area contributed by atoms with Crippen LogP contribution in [0.1, 0.15) is 33.1 Å². The molecule has 9 heavy (non-hydrogen) atoms. The van der Waals surface area contributed by atoms with Crippen molar-refractivity contribution in [3.8, 4) is 0 Å². The lowest BCUT2D eigenvalue weighted by molar-refractivity contribution is 0.959. The minimum Gasteiger partial charge on any atom is -0.0848 e. The molecule has 0 aromatic rings. The average molecular weight is 124 g/mol. The minimum atomic E-state index is 1.14. The molecule has 52 valence electrons. The molecule has 0 aliphatic heterocycles. The van der Waals surface area contributed by atoms with E-state index in [0.29, 0.717) is 0 Å². The number of allylic oxidation sites excluding steroid dienone is 4. The van der Waals surface area contributed by atoms with Crippen molar-refractivity contribution in [3.63, 3.8) is 0 Å². The molecule has 0 radical (unpaired) electrons. The van der Waals surface area contributed by atoms with Crippen LogP contribution in [0.4, 0.5) is 0 Å². The highest BCUT2D eigenvalue weighted by atomic mass is 13.7. The van der Waals surface area contributed by atoms with Gasteiger partial charge in [-0.1, -0.05) is 44.6 Å². The first kappa shape index (κ1) is 8.48. The lowest BCUT2D eigenvalue weighted by Gasteiger charge is -1.79. The fraction of sp³-hybridized carbons (Fsp3) is 0.556. The molecule has 0 N–H and O–H groups in total. The molecule has 0 aliphatic carbocycles. The van der Waals surface area contributed by atoms with Gasteiger partial charge in [0.1, 0.15) is 0 Å². The van der Waals surface area contributed by atoms with E-state index in [0.717, 1.165) is 6.42 Å². The van der Waals surface area contributed by atoms with E-state index in [-0.39, 0.29) is 0 Å². The van der Waals surface area contributed by atoms with E-state index >= 15 is 0 Å². The van der Waals surface area contributed by atoms with Crippen LogP contribution < -0.4 is 0 Å². The fourth-order valence-electron chi connectivity index (χ4n) is 0.556. The normalized spacial score (nSPS) is 11.8. The number of hydrogen-bond donors (Lipinski definition) is 0. The summed E-state index contributed by atoms with van der Waals surface area (Å²) in [5.41, 5.74) is 0. The van der Waals surface area contributed by atoms with Gasteiger partial charge in [-0.05, 0) is 12.8 Å². The molecule has 0 aliphatic rings. The van der Waals surface area contributed by atoms with Crippen molar-refractivity contribution in [2.75, 3.05) is 0 Å². The fourth-order valence-corrected chi connectivity index (χ4v) is 0.556. The third-order valence-electron chi connectivity index (χ3n) is 1.07. The van der Waals surface area contributed by atoms with Crippen molar-refractivity contribution < 1.29 is 0 Å². The molecule has 0 aromatic heterocycles. The number of rotatable bonds is 4. The molecular formula is C9H16. The third-order valence-corrected chi connectivity index (χ3v) is 1.07. The first-order valence-electron chi connectivity index (χ1n) is 3.73. The number of hydrogen-bond acceptors (Lipinski definition) is 0. The Hall–Kier alpha value is -0.520. The summed E-state index contributed by atoms with van der Waals surface area (Å²) >= 11 is 0. The summed E-state index contributed by atoms with van der Waals surface area (Å²) in [7, 11) is 0. The van der Waals surface area contributed by atoms with E-state index < -0.39 is 0 Å². The quantitative estimate of drug-likeness (QED) is 0.504. The largest absolute Gasteiger partial charge is 0.0848 e. The Morgan fingerprint density at radius 2 is 1.67 bits per heavy atom. The first-order valence-corrected chi connectivity index (χ1v) is 3.73. The van der Waals surface area contributed by atoms with Crippen LogP contribution in [0.25, 0.3) is 0 Å². The van der Waals surface area contributed by atoms with Crippen LogP contribution in [0.3, 0.4) is 0 Å². The van der Waals surface area contributed by atoms with E-state index in [1.54, 1.807) is 0 Å². The van der Waals surface area contributed by atoms with Gasteiger partial charge in [0.2, 0.25) is 0 Å². The molecule has 0 amide bonds. The average Bonchev–Trinajstić information content (AvgIpc) is 1.89. The van der Waals surface area contributed by atoms with Gasteiger partial charge in [0.15, 0.2) is 0 Å². The van der Waals surface area contributed by atoms with Crippen molar-refractivity contribution in [2.45, 2.75) is 33.1 Å². The summed E-state index contributed by atoms with van der Waals surface area (Å²) in [6, 6.07) is 0. The van der Waals surface area contributed by atoms with Crippen LogP contribution in [-0.2, 0) is 0 Å². The zero-order valence-corrected chi connectivity index (χ0v) is 6.43. The molecule has 0 rings (SSSR count). The highest BCUT2D eigenvalue weighted by molar-refractivity contribution is 5.01. The van der Waals surface area contributed by atoms with Gasteiger partial charge in [-0.2, -0.15) is 0 Å². The molecule has 0 saturated heterocycles. The van der Waals surface area contributed by atoms with E-state index in [1.165, 1.54) is 12.8 Å².